The molecule has 2 amide bonds. The predicted molar refractivity (Wildman–Crippen MR) is 89.8 cm³/mol. The number of carbonyl (C=O) groups is 1. The second-order valence-electron chi connectivity index (χ2n) is 5.47. The maximum absolute atomic E-state index is 13.6. The van der Waals surface area contributed by atoms with E-state index in [9.17, 15) is 18.0 Å². The topological polar surface area (TPSA) is 59.6 Å². The molecule has 0 radical (unpaired) electrons. The van der Waals surface area contributed by atoms with Gasteiger partial charge in [0.25, 0.3) is 0 Å². The van der Waals surface area contributed by atoms with Crippen LogP contribution in [0.1, 0.15) is 5.56 Å². The van der Waals surface area contributed by atoms with Crippen LogP contribution in [0.5, 0.6) is 11.5 Å². The Bertz CT molecular complexity index is 876. The molecule has 1 aliphatic rings. The maximum Gasteiger partial charge on any atom is 0.492 e. The van der Waals surface area contributed by atoms with Gasteiger partial charge in [-0.1, -0.05) is 29.3 Å². The Balaban J connectivity index is 1.85. The molecule has 1 atom stereocenters. The lowest BCUT2D eigenvalue weighted by molar-refractivity contribution is -0.317. The average molecular weight is 407 g/mol. The normalized spacial score (nSPS) is 18.5. The highest BCUT2D eigenvalue weighted by Crippen LogP contribution is 2.46. The van der Waals surface area contributed by atoms with Gasteiger partial charge >= 0.3 is 18.1 Å². The van der Waals surface area contributed by atoms with E-state index < -0.39 is 18.1 Å². The molecular weight excluding hydrogens is 396 g/mol. The molecule has 0 spiro atoms. The average Bonchev–Trinajstić information content (AvgIpc) is 2.89. The Kier molecular flexibility index (Phi) is 4.58. The number of alkyl halides is 3. The van der Waals surface area contributed by atoms with Crippen molar-refractivity contribution in [2.45, 2.75) is 19.0 Å². The number of amides is 2. The number of halogens is 5. The number of carbonyl (C=O) groups excluding carboxylic acids is 1. The summed E-state index contributed by atoms with van der Waals surface area (Å²) in [5.74, 6) is -3.84. The minimum Gasteiger partial charge on any atom is -0.424 e. The van der Waals surface area contributed by atoms with Gasteiger partial charge in [0.15, 0.2) is 11.5 Å². The molecule has 1 heterocycles. The van der Waals surface area contributed by atoms with Gasteiger partial charge in [-0.25, -0.2) is 4.79 Å². The molecule has 1 aliphatic heterocycles. The number of hydrogen-bond donors (Lipinski definition) is 2. The molecule has 0 aliphatic carbocycles. The summed E-state index contributed by atoms with van der Waals surface area (Å²) in [6.07, 6.45) is -5.08. The summed E-state index contributed by atoms with van der Waals surface area (Å²) in [5.41, 5.74) is 0.894. The van der Waals surface area contributed by atoms with Crippen LogP contribution in [-0.2, 0) is 0 Å². The van der Waals surface area contributed by atoms with Crippen LogP contribution in [0.4, 0.5) is 23.7 Å². The van der Waals surface area contributed by atoms with Gasteiger partial charge in [-0.15, -0.1) is 0 Å². The zero-order valence-corrected chi connectivity index (χ0v) is 14.6. The van der Waals surface area contributed by atoms with Crippen LogP contribution in [0.2, 0.25) is 10.0 Å². The van der Waals surface area contributed by atoms with Crippen molar-refractivity contribution >= 4 is 34.9 Å². The second-order valence-corrected chi connectivity index (χ2v) is 6.32. The molecule has 2 N–H and O–H groups in total. The first-order valence-corrected chi connectivity index (χ1v) is 7.95. The summed E-state index contributed by atoms with van der Waals surface area (Å²) in [4.78, 5) is 12.1. The fraction of sp³-hybridized carbons (Fsp3) is 0.188. The zero-order valence-electron chi connectivity index (χ0n) is 13.1. The molecule has 0 aromatic heterocycles. The highest BCUT2D eigenvalue weighted by molar-refractivity contribution is 6.33. The molecule has 2 aromatic carbocycles. The van der Waals surface area contributed by atoms with E-state index in [-0.39, 0.29) is 27.2 Å². The summed E-state index contributed by atoms with van der Waals surface area (Å²) in [6.45, 7) is 1.74. The number of urea groups is 1. The minimum absolute atomic E-state index is 0.139. The number of aryl methyl sites for hydroxylation is 1. The van der Waals surface area contributed by atoms with Gasteiger partial charge in [0, 0.05) is 11.1 Å². The Morgan fingerprint density at radius 1 is 1.08 bits per heavy atom. The van der Waals surface area contributed by atoms with E-state index in [2.05, 4.69) is 5.32 Å². The summed E-state index contributed by atoms with van der Waals surface area (Å²) >= 11 is 11.7. The van der Waals surface area contributed by atoms with Crippen molar-refractivity contribution < 1.29 is 27.4 Å². The number of hydrogen-bond acceptors (Lipinski definition) is 3. The number of fused-ring (bicyclic) bond motifs is 1. The van der Waals surface area contributed by atoms with Crippen molar-refractivity contribution in [2.75, 3.05) is 5.32 Å². The molecule has 10 heteroatoms. The molecule has 2 aromatic rings. The maximum atomic E-state index is 13.6. The standard InChI is InChI=1S/C16H11Cl2F3N2O3/c1-8-2-4-10(18)11(6-8)22-14(24)23-16(15(19,20)21)25-12-5-3-9(17)7-13(12)26-16/h2-7H,1H3,(H2,22,23,24)/t16-/m1/s1. The van der Waals surface area contributed by atoms with Gasteiger partial charge in [-0.2, -0.15) is 13.2 Å². The quantitative estimate of drug-likeness (QED) is 0.728. The first kappa shape index (κ1) is 18.5. The third-order valence-corrected chi connectivity index (χ3v) is 4.00. The summed E-state index contributed by atoms with van der Waals surface area (Å²) in [5, 5.41) is 4.23. The van der Waals surface area contributed by atoms with E-state index in [1.165, 1.54) is 24.3 Å². The van der Waals surface area contributed by atoms with Gasteiger partial charge in [0.2, 0.25) is 0 Å². The van der Waals surface area contributed by atoms with E-state index in [1.54, 1.807) is 18.3 Å². The van der Waals surface area contributed by atoms with E-state index in [0.717, 1.165) is 11.6 Å². The Morgan fingerprint density at radius 2 is 1.77 bits per heavy atom. The van der Waals surface area contributed by atoms with Crippen LogP contribution in [0.15, 0.2) is 36.4 Å². The summed E-state index contributed by atoms with van der Waals surface area (Å²) in [6, 6.07) is 7.19. The van der Waals surface area contributed by atoms with Gasteiger partial charge in [0.1, 0.15) is 0 Å². The summed E-state index contributed by atoms with van der Waals surface area (Å²) in [7, 11) is 0. The molecule has 0 saturated heterocycles. The smallest absolute Gasteiger partial charge is 0.424 e. The third-order valence-electron chi connectivity index (χ3n) is 3.43. The molecule has 0 bridgehead atoms. The van der Waals surface area contributed by atoms with Crippen molar-refractivity contribution in [3.8, 4) is 11.5 Å². The molecule has 0 saturated carbocycles. The summed E-state index contributed by atoms with van der Waals surface area (Å²) < 4.78 is 50.4. The minimum atomic E-state index is -5.08. The molecule has 0 unspecified atom stereocenters. The molecule has 0 fully saturated rings. The van der Waals surface area contributed by atoms with E-state index >= 15 is 0 Å². The molecular formula is C16H11Cl2F3N2O3. The first-order chi connectivity index (χ1) is 12.1. The monoisotopic (exact) mass is 406 g/mol. The van der Waals surface area contributed by atoms with Crippen molar-refractivity contribution in [2.24, 2.45) is 0 Å². The van der Waals surface area contributed by atoms with Crippen LogP contribution < -0.4 is 20.1 Å². The number of ether oxygens (including phenoxy) is 2. The molecule has 138 valence electrons. The van der Waals surface area contributed by atoms with Crippen LogP contribution in [0, 0.1) is 6.92 Å². The molecule has 5 nitrogen and oxygen atoms in total. The van der Waals surface area contributed by atoms with E-state index in [1.807, 2.05) is 0 Å². The van der Waals surface area contributed by atoms with Crippen molar-refractivity contribution in [1.82, 2.24) is 5.32 Å². The van der Waals surface area contributed by atoms with Gasteiger partial charge in [-0.3, -0.25) is 5.32 Å². The first-order valence-electron chi connectivity index (χ1n) is 7.19. The fourth-order valence-corrected chi connectivity index (χ4v) is 2.58. The predicted octanol–water partition coefficient (Wildman–Crippen LogP) is 5.11. The van der Waals surface area contributed by atoms with E-state index in [4.69, 9.17) is 32.7 Å². The van der Waals surface area contributed by atoms with Crippen LogP contribution in [0.25, 0.3) is 0 Å². The fourth-order valence-electron chi connectivity index (χ4n) is 2.25. The highest BCUT2D eigenvalue weighted by Gasteiger charge is 2.65. The molecule has 3 rings (SSSR count). The van der Waals surface area contributed by atoms with Gasteiger partial charge < -0.3 is 14.8 Å². The van der Waals surface area contributed by atoms with E-state index in [0.29, 0.717) is 0 Å². The van der Waals surface area contributed by atoms with Crippen LogP contribution in [-0.4, -0.2) is 18.1 Å². The lowest BCUT2D eigenvalue weighted by Gasteiger charge is -2.29. The van der Waals surface area contributed by atoms with Crippen LogP contribution in [0.3, 0.4) is 0 Å². The third kappa shape index (κ3) is 3.47. The highest BCUT2D eigenvalue weighted by atomic mass is 35.5. The van der Waals surface area contributed by atoms with Gasteiger partial charge in [-0.05, 0) is 36.8 Å². The second kappa shape index (κ2) is 6.44. The largest absolute Gasteiger partial charge is 0.492 e. The number of rotatable bonds is 2. The Hall–Kier alpha value is -2.32. The van der Waals surface area contributed by atoms with Crippen molar-refractivity contribution in [3.63, 3.8) is 0 Å². The Labute approximate surface area is 156 Å². The van der Waals surface area contributed by atoms with Crippen LogP contribution >= 0.6 is 23.2 Å². The lowest BCUT2D eigenvalue weighted by Crippen LogP contribution is -2.65. The van der Waals surface area contributed by atoms with Crippen molar-refractivity contribution in [1.29, 1.82) is 0 Å². The zero-order chi connectivity index (χ0) is 19.1. The lowest BCUT2D eigenvalue weighted by atomic mass is 10.2. The molecule has 26 heavy (non-hydrogen) atoms. The Morgan fingerprint density at radius 3 is 2.46 bits per heavy atom. The number of benzene rings is 2. The van der Waals surface area contributed by atoms with Crippen molar-refractivity contribution in [3.05, 3.63) is 52.0 Å². The number of nitrogens with one attached hydrogen (secondary N) is 2. The number of anilines is 1. The van der Waals surface area contributed by atoms with Gasteiger partial charge in [0.05, 0.1) is 10.7 Å². The SMILES string of the molecule is Cc1ccc(Cl)c(NC(=O)N[C@]2(C(F)(F)F)Oc3ccc(Cl)cc3O2)c1.